The summed E-state index contributed by atoms with van der Waals surface area (Å²) in [5.41, 5.74) is 0.742. The summed E-state index contributed by atoms with van der Waals surface area (Å²) in [5.74, 6) is -1.08. The first-order valence-corrected chi connectivity index (χ1v) is 5.75. The fourth-order valence-corrected chi connectivity index (χ4v) is 2.36. The number of benzene rings is 1. The second-order valence-corrected chi connectivity index (χ2v) is 4.44. The molecule has 5 nitrogen and oxygen atoms in total. The molecule has 84 valence electrons. The third-order valence-electron chi connectivity index (χ3n) is 2.41. The highest BCUT2D eigenvalue weighted by atomic mass is 32.1. The number of thiophene rings is 1. The number of hydrogen-bond acceptors (Lipinski definition) is 4. The molecule has 6 heteroatoms. The molecular formula is C11H7N3O2S. The topological polar surface area (TPSA) is 68.0 Å². The molecule has 0 bridgehead atoms. The number of carbonyl (C=O) groups is 1. The maximum absolute atomic E-state index is 10.7. The Balaban J connectivity index is 2.09. The molecular weight excluding hydrogens is 238 g/mol. The van der Waals surface area contributed by atoms with Gasteiger partial charge in [0, 0.05) is 4.70 Å². The Morgan fingerprint density at radius 2 is 2.24 bits per heavy atom. The van der Waals surface area contributed by atoms with Crippen LogP contribution >= 0.6 is 11.3 Å². The molecule has 0 aliphatic heterocycles. The molecule has 1 N–H and O–H groups in total. The fourth-order valence-electron chi connectivity index (χ4n) is 1.58. The fraction of sp³-hybridized carbons (Fsp3) is 0. The van der Waals surface area contributed by atoms with E-state index < -0.39 is 5.97 Å². The highest BCUT2D eigenvalue weighted by Gasteiger charge is 2.09. The first-order chi connectivity index (χ1) is 8.24. The molecule has 2 heterocycles. The smallest absolute Gasteiger partial charge is 0.358 e. The van der Waals surface area contributed by atoms with Crippen molar-refractivity contribution in [1.29, 1.82) is 0 Å². The molecule has 2 aromatic heterocycles. The van der Waals surface area contributed by atoms with E-state index in [2.05, 4.69) is 10.3 Å². The molecule has 0 unspecified atom stereocenters. The minimum absolute atomic E-state index is 0.0598. The molecule has 0 spiro atoms. The predicted octanol–water partition coefficient (Wildman–Crippen LogP) is 2.18. The van der Waals surface area contributed by atoms with Crippen LogP contribution in [0.3, 0.4) is 0 Å². The lowest BCUT2D eigenvalue weighted by Gasteiger charge is -1.99. The van der Waals surface area contributed by atoms with Crippen LogP contribution in [0.1, 0.15) is 10.5 Å². The number of aromatic carboxylic acids is 1. The van der Waals surface area contributed by atoms with Crippen LogP contribution in [0.25, 0.3) is 15.8 Å². The van der Waals surface area contributed by atoms with Crippen LogP contribution in [0, 0.1) is 0 Å². The van der Waals surface area contributed by atoms with Crippen LogP contribution in [0.15, 0.2) is 35.8 Å². The summed E-state index contributed by atoms with van der Waals surface area (Å²) < 4.78 is 2.65. The van der Waals surface area contributed by atoms with Gasteiger partial charge in [0.25, 0.3) is 0 Å². The number of carboxylic acids is 1. The van der Waals surface area contributed by atoms with Crippen molar-refractivity contribution in [3.63, 3.8) is 0 Å². The minimum Gasteiger partial charge on any atom is -0.476 e. The van der Waals surface area contributed by atoms with Crippen LogP contribution in [-0.2, 0) is 0 Å². The standard InChI is InChI=1S/C11H7N3O2S/c15-11(16)9-6-14(13-12-9)8-1-2-10-7(5-8)3-4-17-10/h1-6H,(H,15,16). The zero-order chi connectivity index (χ0) is 11.8. The average Bonchev–Trinajstić information content (AvgIpc) is 2.97. The summed E-state index contributed by atoms with van der Waals surface area (Å²) in [5, 5.41) is 19.3. The Morgan fingerprint density at radius 1 is 1.35 bits per heavy atom. The van der Waals surface area contributed by atoms with Crippen LogP contribution in [0.5, 0.6) is 0 Å². The van der Waals surface area contributed by atoms with Gasteiger partial charge in [0.15, 0.2) is 5.69 Å². The predicted molar refractivity (Wildman–Crippen MR) is 63.7 cm³/mol. The summed E-state index contributed by atoms with van der Waals surface area (Å²) in [7, 11) is 0. The number of aromatic nitrogens is 3. The molecule has 3 aromatic rings. The average molecular weight is 245 g/mol. The molecule has 3 rings (SSSR count). The number of hydrogen-bond donors (Lipinski definition) is 1. The summed E-state index contributed by atoms with van der Waals surface area (Å²) >= 11 is 1.66. The van der Waals surface area contributed by atoms with Gasteiger partial charge in [-0.15, -0.1) is 16.4 Å². The van der Waals surface area contributed by atoms with Gasteiger partial charge >= 0.3 is 5.97 Å². The highest BCUT2D eigenvalue weighted by Crippen LogP contribution is 2.23. The second-order valence-electron chi connectivity index (χ2n) is 3.50. The van der Waals surface area contributed by atoms with E-state index in [1.807, 2.05) is 29.6 Å². The molecule has 0 fully saturated rings. The maximum Gasteiger partial charge on any atom is 0.358 e. The van der Waals surface area contributed by atoms with Gasteiger partial charge < -0.3 is 5.11 Å². The van der Waals surface area contributed by atoms with E-state index in [0.717, 1.165) is 11.1 Å². The van der Waals surface area contributed by atoms with Gasteiger partial charge in [-0.3, -0.25) is 0 Å². The van der Waals surface area contributed by atoms with Crippen molar-refractivity contribution in [3.05, 3.63) is 41.5 Å². The van der Waals surface area contributed by atoms with E-state index in [9.17, 15) is 4.79 Å². The molecule has 0 saturated carbocycles. The zero-order valence-electron chi connectivity index (χ0n) is 8.57. The Hall–Kier alpha value is -2.21. The van der Waals surface area contributed by atoms with Gasteiger partial charge in [0.05, 0.1) is 11.9 Å². The molecule has 0 atom stereocenters. The van der Waals surface area contributed by atoms with Gasteiger partial charge in [-0.1, -0.05) is 5.21 Å². The van der Waals surface area contributed by atoms with Crippen LogP contribution in [0.4, 0.5) is 0 Å². The van der Waals surface area contributed by atoms with Gasteiger partial charge in [0.2, 0.25) is 0 Å². The molecule has 17 heavy (non-hydrogen) atoms. The zero-order valence-corrected chi connectivity index (χ0v) is 9.39. The van der Waals surface area contributed by atoms with E-state index in [-0.39, 0.29) is 5.69 Å². The summed E-state index contributed by atoms with van der Waals surface area (Å²) in [4.78, 5) is 10.7. The second kappa shape index (κ2) is 3.67. The highest BCUT2D eigenvalue weighted by molar-refractivity contribution is 7.17. The van der Waals surface area contributed by atoms with Gasteiger partial charge in [0.1, 0.15) is 0 Å². The largest absolute Gasteiger partial charge is 0.476 e. The van der Waals surface area contributed by atoms with Gasteiger partial charge in [-0.05, 0) is 35.0 Å². The third kappa shape index (κ3) is 1.68. The number of carboxylic acid groups (broad SMARTS) is 1. The van der Waals surface area contributed by atoms with Crippen molar-refractivity contribution in [2.24, 2.45) is 0 Å². The summed E-state index contributed by atoms with van der Waals surface area (Å²) in [6.07, 6.45) is 1.40. The van der Waals surface area contributed by atoms with E-state index in [1.165, 1.54) is 15.6 Å². The van der Waals surface area contributed by atoms with Crippen molar-refractivity contribution < 1.29 is 9.90 Å². The van der Waals surface area contributed by atoms with Crippen molar-refractivity contribution in [2.75, 3.05) is 0 Å². The molecule has 0 radical (unpaired) electrons. The Kier molecular flexibility index (Phi) is 2.15. The van der Waals surface area contributed by atoms with Crippen molar-refractivity contribution in [1.82, 2.24) is 15.0 Å². The van der Waals surface area contributed by atoms with E-state index in [0.29, 0.717) is 0 Å². The minimum atomic E-state index is -1.08. The lowest BCUT2D eigenvalue weighted by molar-refractivity contribution is 0.0690. The normalized spacial score (nSPS) is 10.8. The Bertz CT molecular complexity index is 701. The van der Waals surface area contributed by atoms with Gasteiger partial charge in [-0.2, -0.15) is 0 Å². The molecule has 1 aromatic carbocycles. The molecule has 0 aliphatic rings. The molecule has 0 amide bonds. The quantitative estimate of drug-likeness (QED) is 0.751. The lowest BCUT2D eigenvalue weighted by Crippen LogP contribution is -1.95. The molecule has 0 aliphatic carbocycles. The van der Waals surface area contributed by atoms with E-state index >= 15 is 0 Å². The van der Waals surface area contributed by atoms with Crippen molar-refractivity contribution in [2.45, 2.75) is 0 Å². The van der Waals surface area contributed by atoms with Crippen molar-refractivity contribution >= 4 is 27.4 Å². The number of rotatable bonds is 2. The summed E-state index contributed by atoms with van der Waals surface area (Å²) in [6, 6.07) is 7.83. The van der Waals surface area contributed by atoms with Crippen molar-refractivity contribution in [3.8, 4) is 5.69 Å². The summed E-state index contributed by atoms with van der Waals surface area (Å²) in [6.45, 7) is 0. The Labute approximate surface area is 99.9 Å². The first kappa shape index (κ1) is 9.98. The van der Waals surface area contributed by atoms with Crippen LogP contribution < -0.4 is 0 Å². The lowest BCUT2D eigenvalue weighted by atomic mass is 10.2. The SMILES string of the molecule is O=C(O)c1cn(-c2ccc3sccc3c2)nn1. The van der Waals surface area contributed by atoms with Crippen LogP contribution in [0.2, 0.25) is 0 Å². The molecule has 0 saturated heterocycles. The maximum atomic E-state index is 10.7. The van der Waals surface area contributed by atoms with E-state index in [4.69, 9.17) is 5.11 Å². The third-order valence-corrected chi connectivity index (χ3v) is 3.31. The van der Waals surface area contributed by atoms with Crippen LogP contribution in [-0.4, -0.2) is 26.1 Å². The Morgan fingerprint density at radius 3 is 3.00 bits per heavy atom. The number of nitrogens with zero attached hydrogens (tertiary/aromatic N) is 3. The monoisotopic (exact) mass is 245 g/mol. The first-order valence-electron chi connectivity index (χ1n) is 4.87. The van der Waals surface area contributed by atoms with E-state index in [1.54, 1.807) is 11.3 Å². The number of fused-ring (bicyclic) bond motifs is 1. The van der Waals surface area contributed by atoms with Gasteiger partial charge in [-0.25, -0.2) is 9.48 Å².